The molecule has 2 heterocycles. The largest absolute Gasteiger partial charge is 0.489 e. The van der Waals surface area contributed by atoms with Gasteiger partial charge in [0.25, 0.3) is 10.0 Å². The molecule has 222 valence electrons. The molecule has 1 N–H and O–H groups in total. The lowest BCUT2D eigenvalue weighted by Gasteiger charge is -2.31. The smallest absolute Gasteiger partial charge is 0.416 e. The van der Waals surface area contributed by atoms with E-state index in [1.165, 1.54) is 37.2 Å². The van der Waals surface area contributed by atoms with Crippen LogP contribution in [0.25, 0.3) is 11.3 Å². The van der Waals surface area contributed by atoms with Gasteiger partial charge in [0.15, 0.2) is 0 Å². The van der Waals surface area contributed by atoms with Crippen LogP contribution in [-0.4, -0.2) is 51.7 Å². The average Bonchev–Trinajstić information content (AvgIpc) is 2.91. The van der Waals surface area contributed by atoms with Gasteiger partial charge in [0.1, 0.15) is 18.2 Å². The lowest BCUT2D eigenvalue weighted by Crippen LogP contribution is -2.38. The number of hydrogen-bond acceptors (Lipinski definition) is 6. The van der Waals surface area contributed by atoms with Crippen molar-refractivity contribution < 1.29 is 49.4 Å². The number of pyridine rings is 1. The fourth-order valence-electron chi connectivity index (χ4n) is 3.62. The van der Waals surface area contributed by atoms with Crippen LogP contribution in [0.3, 0.4) is 0 Å². The number of fused-ring (bicyclic) bond motifs is 1. The number of carboxylic acid groups (broad SMARTS) is 1. The monoisotopic (exact) mass is 605 g/mol. The number of anilines is 2. The average molecular weight is 606 g/mol. The summed E-state index contributed by atoms with van der Waals surface area (Å²) >= 11 is 0. The van der Waals surface area contributed by atoms with Crippen LogP contribution < -0.4 is 13.9 Å². The maximum Gasteiger partial charge on any atom is 0.416 e. The summed E-state index contributed by atoms with van der Waals surface area (Å²) in [5, 5.41) is 7.72. The molecule has 8 nitrogen and oxygen atoms in total. The summed E-state index contributed by atoms with van der Waals surface area (Å²) in [5.41, 5.74) is -2.01. The highest BCUT2D eigenvalue weighted by Crippen LogP contribution is 2.40. The number of aliphatic carboxylic acids is 1. The molecule has 0 amide bonds. The molecule has 3 aromatic rings. The maximum absolute atomic E-state index is 13.5. The Bertz CT molecular complexity index is 1520. The lowest BCUT2D eigenvalue weighted by atomic mass is 10.1. The van der Waals surface area contributed by atoms with Crippen molar-refractivity contribution in [2.45, 2.75) is 30.6 Å². The number of carboxylic acids is 1. The van der Waals surface area contributed by atoms with Crippen LogP contribution in [0, 0.1) is 0 Å². The zero-order valence-corrected chi connectivity index (χ0v) is 22.7. The first-order valence-corrected chi connectivity index (χ1v) is 13.3. The van der Waals surface area contributed by atoms with E-state index in [2.05, 4.69) is 4.98 Å². The molecule has 0 aliphatic carbocycles. The number of carbonyl (C=O) groups is 1. The van der Waals surface area contributed by atoms with Crippen molar-refractivity contribution in [3.05, 3.63) is 65.7 Å². The number of halogens is 6. The Morgan fingerprint density at radius 3 is 2.20 bits per heavy atom. The second-order valence-corrected chi connectivity index (χ2v) is 10.7. The van der Waals surface area contributed by atoms with Crippen LogP contribution in [0.2, 0.25) is 0 Å². The van der Waals surface area contributed by atoms with Gasteiger partial charge in [0.05, 0.1) is 33.9 Å². The summed E-state index contributed by atoms with van der Waals surface area (Å²) < 4.78 is 113. The molecule has 0 bridgehead atoms. The molecule has 2 aromatic carbocycles. The third-order valence-corrected chi connectivity index (χ3v) is 7.53. The maximum atomic E-state index is 13.5. The van der Waals surface area contributed by atoms with Crippen molar-refractivity contribution in [2.75, 3.05) is 36.5 Å². The zero-order chi connectivity index (χ0) is 30.8. The third kappa shape index (κ3) is 7.39. The zero-order valence-electron chi connectivity index (χ0n) is 21.9. The first-order chi connectivity index (χ1) is 18.9. The summed E-state index contributed by atoms with van der Waals surface area (Å²) in [5.74, 6) is -0.604. The SMILES string of the molecule is CCC(=O)O.CN(C)c1cc(C(F)(F)F)cc(-c2ccc3c(c2)N(S(=O)(=O)c2cccc(C(F)(F)F)c2)CCO3)n1. The molecular weight excluding hydrogens is 580 g/mol. The first kappa shape index (κ1) is 31.5. The summed E-state index contributed by atoms with van der Waals surface area (Å²) in [4.78, 5) is 14.4. The van der Waals surface area contributed by atoms with E-state index in [0.717, 1.165) is 34.6 Å². The van der Waals surface area contributed by atoms with Gasteiger partial charge in [-0.15, -0.1) is 0 Å². The number of aromatic nitrogens is 1. The number of benzene rings is 2. The lowest BCUT2D eigenvalue weighted by molar-refractivity contribution is -0.138. The van der Waals surface area contributed by atoms with Gasteiger partial charge in [0, 0.05) is 26.1 Å². The molecule has 1 aromatic heterocycles. The van der Waals surface area contributed by atoms with Crippen LogP contribution >= 0.6 is 0 Å². The van der Waals surface area contributed by atoms with Crippen molar-refractivity contribution in [1.29, 1.82) is 0 Å². The van der Waals surface area contributed by atoms with Gasteiger partial charge in [-0.3, -0.25) is 9.10 Å². The van der Waals surface area contributed by atoms with E-state index in [1.807, 2.05) is 0 Å². The minimum Gasteiger partial charge on any atom is -0.489 e. The van der Waals surface area contributed by atoms with E-state index in [1.54, 1.807) is 6.92 Å². The van der Waals surface area contributed by atoms with Gasteiger partial charge in [-0.1, -0.05) is 13.0 Å². The van der Waals surface area contributed by atoms with Crippen molar-refractivity contribution >= 4 is 27.5 Å². The molecular formula is C26H25F6N3O5S. The predicted octanol–water partition coefficient (Wildman–Crippen LogP) is 5.92. The number of hydrogen-bond donors (Lipinski definition) is 1. The predicted molar refractivity (Wildman–Crippen MR) is 138 cm³/mol. The van der Waals surface area contributed by atoms with Gasteiger partial charge < -0.3 is 14.7 Å². The normalized spacial score (nSPS) is 13.4. The number of nitrogens with zero attached hydrogens (tertiary/aromatic N) is 3. The van der Waals surface area contributed by atoms with Crippen molar-refractivity contribution in [3.8, 4) is 17.0 Å². The fraction of sp³-hybridized carbons (Fsp3) is 0.308. The Hall–Kier alpha value is -4.01. The Morgan fingerprint density at radius 1 is 1.00 bits per heavy atom. The van der Waals surface area contributed by atoms with Crippen molar-refractivity contribution in [2.24, 2.45) is 0 Å². The van der Waals surface area contributed by atoms with Crippen LogP contribution in [-0.2, 0) is 27.2 Å². The molecule has 15 heteroatoms. The summed E-state index contributed by atoms with van der Waals surface area (Å²) in [6.07, 6.45) is -9.18. The summed E-state index contributed by atoms with van der Waals surface area (Å²) in [6, 6.07) is 9.15. The van der Waals surface area contributed by atoms with E-state index in [9.17, 15) is 39.6 Å². The van der Waals surface area contributed by atoms with Crippen molar-refractivity contribution in [1.82, 2.24) is 4.98 Å². The minimum absolute atomic E-state index is 0.0261. The van der Waals surface area contributed by atoms with Crippen LogP contribution in [0.15, 0.2) is 59.5 Å². The van der Waals surface area contributed by atoms with Gasteiger partial charge in [-0.05, 0) is 48.5 Å². The Balaban J connectivity index is 0.000000850. The van der Waals surface area contributed by atoms with Gasteiger partial charge in [0.2, 0.25) is 0 Å². The van der Waals surface area contributed by atoms with Gasteiger partial charge in [-0.2, -0.15) is 26.3 Å². The third-order valence-electron chi connectivity index (χ3n) is 5.72. The number of rotatable bonds is 5. The second-order valence-electron chi connectivity index (χ2n) is 8.87. The molecule has 41 heavy (non-hydrogen) atoms. The molecule has 0 spiro atoms. The van der Waals surface area contributed by atoms with Crippen molar-refractivity contribution in [3.63, 3.8) is 0 Å². The van der Waals surface area contributed by atoms with Gasteiger partial charge in [-0.25, -0.2) is 13.4 Å². The molecule has 0 fully saturated rings. The standard InChI is InChI=1S/C23H19F6N3O3S.C3H6O2/c1-31(2)21-13-16(23(27,28)29)12-18(30-21)14-6-7-20-19(10-14)32(8-9-35-20)36(33,34)17-5-3-4-15(11-17)22(24,25)26;1-2-3(4)5/h3-7,10-13H,8-9H2,1-2H3;2H2,1H3,(H,4,5). The molecule has 0 saturated carbocycles. The Labute approximate surface area is 231 Å². The van der Waals surface area contributed by atoms with E-state index in [-0.39, 0.29) is 48.1 Å². The van der Waals surface area contributed by atoms with Crippen LogP contribution in [0.1, 0.15) is 24.5 Å². The van der Waals surface area contributed by atoms with E-state index in [4.69, 9.17) is 9.84 Å². The second kappa shape index (κ2) is 11.8. The van der Waals surface area contributed by atoms with Crippen LogP contribution in [0.5, 0.6) is 5.75 Å². The van der Waals surface area contributed by atoms with Crippen LogP contribution in [0.4, 0.5) is 37.8 Å². The van der Waals surface area contributed by atoms with E-state index >= 15 is 0 Å². The molecule has 0 unspecified atom stereocenters. The Morgan fingerprint density at radius 2 is 1.63 bits per heavy atom. The quantitative estimate of drug-likeness (QED) is 0.361. The van der Waals surface area contributed by atoms with Gasteiger partial charge >= 0.3 is 18.3 Å². The van der Waals surface area contributed by atoms with E-state index in [0.29, 0.717) is 6.07 Å². The summed E-state index contributed by atoms with van der Waals surface area (Å²) in [6.45, 7) is 1.31. The molecule has 4 rings (SSSR count). The molecule has 1 aliphatic rings. The highest BCUT2D eigenvalue weighted by atomic mass is 32.2. The minimum atomic E-state index is -4.75. The molecule has 0 radical (unpaired) electrons. The number of ether oxygens (including phenoxy) is 1. The topological polar surface area (TPSA) is 100 Å². The highest BCUT2D eigenvalue weighted by molar-refractivity contribution is 7.92. The van der Waals surface area contributed by atoms with E-state index < -0.39 is 44.4 Å². The molecule has 0 atom stereocenters. The number of alkyl halides is 6. The number of sulfonamides is 1. The Kier molecular flexibility index (Phi) is 9.11. The molecule has 0 saturated heterocycles. The molecule has 1 aliphatic heterocycles. The first-order valence-electron chi connectivity index (χ1n) is 11.9. The highest BCUT2D eigenvalue weighted by Gasteiger charge is 2.35. The summed E-state index contributed by atoms with van der Waals surface area (Å²) in [7, 11) is -1.42. The fourth-order valence-corrected chi connectivity index (χ4v) is 5.12.